The number of rotatable bonds is 16. The van der Waals surface area contributed by atoms with Crippen LogP contribution in [-0.4, -0.2) is 58.2 Å². The first-order valence-corrected chi connectivity index (χ1v) is 18.1. The normalized spacial score (nSPS) is 13.0. The zero-order valence-corrected chi connectivity index (χ0v) is 31.1. The summed E-state index contributed by atoms with van der Waals surface area (Å²) in [6.07, 6.45) is 6.85. The molecule has 0 N–H and O–H groups in total. The van der Waals surface area contributed by atoms with Crippen LogP contribution in [0.25, 0.3) is 11.1 Å². The van der Waals surface area contributed by atoms with Crippen molar-refractivity contribution in [3.63, 3.8) is 0 Å². The van der Waals surface area contributed by atoms with E-state index in [0.29, 0.717) is 60.1 Å². The summed E-state index contributed by atoms with van der Waals surface area (Å²) in [5, 5.41) is 13.8. The number of aromatic nitrogens is 3. The molecular weight excluding hydrogens is 676 g/mol. The van der Waals surface area contributed by atoms with E-state index in [1.165, 1.54) is 32.1 Å². The molecule has 1 saturated heterocycles. The zero-order chi connectivity index (χ0) is 36.5. The fraction of sp³-hybridized carbons (Fsp3) is 0.366. The number of likely N-dealkylation sites (tertiary alicyclic amines) is 1. The zero-order valence-electron chi connectivity index (χ0n) is 30.3. The van der Waals surface area contributed by atoms with Crippen LogP contribution in [0.1, 0.15) is 64.4 Å². The molecule has 1 aliphatic heterocycles. The molecular formula is C41H45ClN6O4. The van der Waals surface area contributed by atoms with Gasteiger partial charge in [-0.1, -0.05) is 47.1 Å². The van der Waals surface area contributed by atoms with E-state index in [2.05, 4.69) is 76.3 Å². The lowest BCUT2D eigenvalue weighted by Gasteiger charge is -2.20. The van der Waals surface area contributed by atoms with Crippen molar-refractivity contribution in [2.75, 3.05) is 33.3 Å². The van der Waals surface area contributed by atoms with Crippen LogP contribution in [-0.2, 0) is 26.3 Å². The summed E-state index contributed by atoms with van der Waals surface area (Å²) in [7, 11) is 1.96. The monoisotopic (exact) mass is 720 g/mol. The van der Waals surface area contributed by atoms with E-state index < -0.39 is 0 Å². The van der Waals surface area contributed by atoms with Crippen LogP contribution < -0.4 is 14.2 Å². The van der Waals surface area contributed by atoms with E-state index in [1.54, 1.807) is 19.2 Å². The third-order valence-electron chi connectivity index (χ3n) is 9.33. The first kappa shape index (κ1) is 36.8. The highest BCUT2D eigenvalue weighted by Crippen LogP contribution is 2.37. The fourth-order valence-corrected chi connectivity index (χ4v) is 6.79. The lowest BCUT2D eigenvalue weighted by atomic mass is 9.93. The second-order valence-corrected chi connectivity index (χ2v) is 13.7. The van der Waals surface area contributed by atoms with Gasteiger partial charge in [0.1, 0.15) is 36.5 Å². The molecule has 11 heteroatoms. The summed E-state index contributed by atoms with van der Waals surface area (Å²) in [6, 6.07) is 20.2. The highest BCUT2D eigenvalue weighted by Gasteiger charge is 2.17. The van der Waals surface area contributed by atoms with Gasteiger partial charge < -0.3 is 23.6 Å². The lowest BCUT2D eigenvalue weighted by Crippen LogP contribution is -2.22. The molecule has 3 heterocycles. The van der Waals surface area contributed by atoms with Gasteiger partial charge >= 0.3 is 0 Å². The molecule has 270 valence electrons. The maximum absolute atomic E-state index is 9.34. The molecule has 1 fully saturated rings. The SMILES string of the molecule is Cc1nc(CN(C)Cc2cc(Cl)c(OCc3cccc(-c4cccc(OCCCN5CCCC5)c4C)c3C)cc2OCc2cncc(C#N)c2)no1. The Balaban J connectivity index is 1.18. The molecule has 2 aromatic heterocycles. The van der Waals surface area contributed by atoms with Crippen molar-refractivity contribution in [1.82, 2.24) is 24.9 Å². The van der Waals surface area contributed by atoms with Crippen LogP contribution in [0, 0.1) is 32.1 Å². The smallest absolute Gasteiger partial charge is 0.223 e. The molecule has 0 atom stereocenters. The molecule has 3 aromatic carbocycles. The second-order valence-electron chi connectivity index (χ2n) is 13.3. The highest BCUT2D eigenvalue weighted by molar-refractivity contribution is 6.32. The molecule has 5 aromatic rings. The molecule has 6 rings (SSSR count). The highest BCUT2D eigenvalue weighted by atomic mass is 35.5. The Bertz CT molecular complexity index is 2020. The van der Waals surface area contributed by atoms with Crippen LogP contribution in [0.3, 0.4) is 0 Å². The van der Waals surface area contributed by atoms with Gasteiger partial charge in [-0.05, 0) is 99.3 Å². The third-order valence-corrected chi connectivity index (χ3v) is 9.63. The largest absolute Gasteiger partial charge is 0.493 e. The van der Waals surface area contributed by atoms with E-state index in [9.17, 15) is 5.26 Å². The number of benzene rings is 3. The molecule has 0 spiro atoms. The minimum absolute atomic E-state index is 0.214. The first-order valence-electron chi connectivity index (χ1n) is 17.7. The Morgan fingerprint density at radius 1 is 0.865 bits per heavy atom. The fourth-order valence-electron chi connectivity index (χ4n) is 6.55. The van der Waals surface area contributed by atoms with Crippen LogP contribution in [0.15, 0.2) is 71.5 Å². The van der Waals surface area contributed by atoms with Gasteiger partial charge in [0.25, 0.3) is 0 Å². The Morgan fingerprint density at radius 3 is 2.40 bits per heavy atom. The van der Waals surface area contributed by atoms with Gasteiger partial charge in [-0.15, -0.1) is 0 Å². The van der Waals surface area contributed by atoms with Crippen molar-refractivity contribution >= 4 is 11.6 Å². The summed E-state index contributed by atoms with van der Waals surface area (Å²) in [5.74, 6) is 3.14. The lowest BCUT2D eigenvalue weighted by molar-refractivity contribution is 0.262. The first-order chi connectivity index (χ1) is 25.3. The standard InChI is InChI=1S/C41H45ClN6O4/c1-28-33(10-7-11-35(28)36-12-8-13-38(29(36)2)49-17-9-16-48-14-5-6-15-48)27-51-40-20-39(50-26-32-18-31(21-43)22-44-23-32)34(19-37(40)42)24-47(4)25-41-45-30(3)52-46-41/h7-8,10-13,18-20,22-23H,5-6,9,14-17,24-27H2,1-4H3. The van der Waals surface area contributed by atoms with Gasteiger partial charge in [-0.2, -0.15) is 10.2 Å². The summed E-state index contributed by atoms with van der Waals surface area (Å²) in [6.45, 7) is 11.7. The quantitative estimate of drug-likeness (QED) is 0.0925. The molecule has 0 unspecified atom stereocenters. The maximum Gasteiger partial charge on any atom is 0.223 e. The molecule has 0 saturated carbocycles. The molecule has 0 aliphatic carbocycles. The van der Waals surface area contributed by atoms with E-state index in [4.69, 9.17) is 30.3 Å². The molecule has 0 radical (unpaired) electrons. The number of aryl methyl sites for hydroxylation is 1. The summed E-state index contributed by atoms with van der Waals surface area (Å²) < 4.78 is 24.2. The molecule has 0 bridgehead atoms. The van der Waals surface area contributed by atoms with E-state index >= 15 is 0 Å². The summed E-state index contributed by atoms with van der Waals surface area (Å²) in [5.41, 5.74) is 7.68. The predicted octanol–water partition coefficient (Wildman–Crippen LogP) is 8.24. The van der Waals surface area contributed by atoms with Gasteiger partial charge in [0.15, 0.2) is 5.82 Å². The van der Waals surface area contributed by atoms with Crippen molar-refractivity contribution in [1.29, 1.82) is 5.26 Å². The van der Waals surface area contributed by atoms with Gasteiger partial charge in [0, 0.05) is 49.6 Å². The minimum atomic E-state index is 0.214. The Labute approximate surface area is 310 Å². The van der Waals surface area contributed by atoms with Crippen molar-refractivity contribution in [2.24, 2.45) is 0 Å². The summed E-state index contributed by atoms with van der Waals surface area (Å²) >= 11 is 6.86. The average Bonchev–Trinajstić information content (AvgIpc) is 3.82. The number of pyridine rings is 1. The van der Waals surface area contributed by atoms with Crippen molar-refractivity contribution in [3.05, 3.63) is 117 Å². The Hall–Kier alpha value is -4.95. The van der Waals surface area contributed by atoms with Gasteiger partial charge in [-0.3, -0.25) is 9.88 Å². The van der Waals surface area contributed by atoms with Gasteiger partial charge in [0.2, 0.25) is 5.89 Å². The molecule has 0 amide bonds. The van der Waals surface area contributed by atoms with Crippen molar-refractivity contribution in [3.8, 4) is 34.4 Å². The number of nitriles is 1. The van der Waals surface area contributed by atoms with Crippen LogP contribution in [0.5, 0.6) is 17.2 Å². The van der Waals surface area contributed by atoms with E-state index in [-0.39, 0.29) is 6.61 Å². The summed E-state index contributed by atoms with van der Waals surface area (Å²) in [4.78, 5) is 13.1. The minimum Gasteiger partial charge on any atom is -0.493 e. The number of ether oxygens (including phenoxy) is 3. The molecule has 10 nitrogen and oxygen atoms in total. The molecule has 52 heavy (non-hydrogen) atoms. The van der Waals surface area contributed by atoms with Crippen LogP contribution in [0.4, 0.5) is 0 Å². The van der Waals surface area contributed by atoms with Crippen molar-refractivity contribution in [2.45, 2.75) is 66.3 Å². The van der Waals surface area contributed by atoms with Gasteiger partial charge in [0.05, 0.1) is 23.7 Å². The van der Waals surface area contributed by atoms with E-state index in [1.807, 2.05) is 24.1 Å². The number of hydrogen-bond donors (Lipinski definition) is 0. The van der Waals surface area contributed by atoms with Crippen LogP contribution in [0.2, 0.25) is 5.02 Å². The topological polar surface area (TPSA) is 110 Å². The number of hydrogen-bond acceptors (Lipinski definition) is 10. The van der Waals surface area contributed by atoms with Crippen LogP contribution >= 0.6 is 11.6 Å². The predicted molar refractivity (Wildman–Crippen MR) is 200 cm³/mol. The maximum atomic E-state index is 9.34. The molecule has 1 aliphatic rings. The number of halogens is 1. The number of nitrogens with zero attached hydrogens (tertiary/aromatic N) is 6. The van der Waals surface area contributed by atoms with Gasteiger partial charge in [-0.25, -0.2) is 0 Å². The van der Waals surface area contributed by atoms with Crippen molar-refractivity contribution < 1.29 is 18.7 Å². The Morgan fingerprint density at radius 2 is 1.63 bits per heavy atom. The third kappa shape index (κ3) is 9.48. The average molecular weight is 721 g/mol. The Kier molecular flexibility index (Phi) is 12.4. The van der Waals surface area contributed by atoms with E-state index in [0.717, 1.165) is 57.7 Å². The second kappa shape index (κ2) is 17.5.